The molecular weight excluding hydrogens is 194 g/mol. The number of hydrogen-bond acceptors (Lipinski definition) is 4. The molecule has 0 aromatic rings. The van der Waals surface area contributed by atoms with Gasteiger partial charge in [-0.2, -0.15) is 0 Å². The lowest BCUT2D eigenvalue weighted by molar-refractivity contribution is -0.158. The van der Waals surface area contributed by atoms with Crippen LogP contribution in [0.15, 0.2) is 0 Å². The lowest BCUT2D eigenvalue weighted by Gasteiger charge is -2.26. The summed E-state index contributed by atoms with van der Waals surface area (Å²) in [6.07, 6.45) is 2.03. The first-order valence-corrected chi connectivity index (χ1v) is 5.48. The van der Waals surface area contributed by atoms with Gasteiger partial charge in [-0.15, -0.1) is 0 Å². The summed E-state index contributed by atoms with van der Waals surface area (Å²) >= 11 is 0. The monoisotopic (exact) mass is 215 g/mol. The molecule has 0 aromatic carbocycles. The van der Waals surface area contributed by atoms with Gasteiger partial charge in [0.1, 0.15) is 11.6 Å². The number of ether oxygens (including phenoxy) is 1. The Morgan fingerprint density at radius 2 is 2.07 bits per heavy atom. The molecule has 88 valence electrons. The van der Waals surface area contributed by atoms with Gasteiger partial charge in [0, 0.05) is 5.92 Å². The Kier molecular flexibility index (Phi) is 3.73. The van der Waals surface area contributed by atoms with E-state index in [1.807, 2.05) is 20.8 Å². The van der Waals surface area contributed by atoms with Crippen molar-refractivity contribution >= 4 is 5.97 Å². The summed E-state index contributed by atoms with van der Waals surface area (Å²) in [5.41, 5.74) is 5.27. The molecule has 3 N–H and O–H groups in total. The quantitative estimate of drug-likeness (QED) is 0.669. The van der Waals surface area contributed by atoms with E-state index in [-0.39, 0.29) is 5.92 Å². The molecule has 0 aliphatic heterocycles. The Morgan fingerprint density at radius 1 is 1.47 bits per heavy atom. The average Bonchev–Trinajstić information content (AvgIpc) is 2.47. The van der Waals surface area contributed by atoms with Crippen LogP contribution in [0.3, 0.4) is 0 Å². The number of nitrogens with two attached hydrogens (primary N) is 1. The molecule has 0 aromatic heterocycles. The van der Waals surface area contributed by atoms with Gasteiger partial charge >= 0.3 is 5.97 Å². The summed E-state index contributed by atoms with van der Waals surface area (Å²) in [5, 5.41) is 9.62. The third kappa shape index (κ3) is 3.47. The minimum absolute atomic E-state index is 0.139. The van der Waals surface area contributed by atoms with E-state index in [9.17, 15) is 9.90 Å². The molecule has 1 aliphatic rings. The van der Waals surface area contributed by atoms with E-state index in [1.54, 1.807) is 0 Å². The van der Waals surface area contributed by atoms with Crippen molar-refractivity contribution in [3.8, 4) is 0 Å². The maximum atomic E-state index is 11.6. The second-order valence-electron chi connectivity index (χ2n) is 5.22. The smallest absolute Gasteiger partial charge is 0.323 e. The highest BCUT2D eigenvalue weighted by Gasteiger charge is 2.36. The van der Waals surface area contributed by atoms with Crippen molar-refractivity contribution in [1.82, 2.24) is 0 Å². The lowest BCUT2D eigenvalue weighted by Crippen LogP contribution is -2.45. The van der Waals surface area contributed by atoms with E-state index in [2.05, 4.69) is 0 Å². The zero-order chi connectivity index (χ0) is 11.6. The fraction of sp³-hybridized carbons (Fsp3) is 0.909. The molecule has 0 radical (unpaired) electrons. The highest BCUT2D eigenvalue weighted by atomic mass is 16.6. The molecule has 1 aliphatic carbocycles. The maximum Gasteiger partial charge on any atom is 0.323 e. The van der Waals surface area contributed by atoms with Crippen LogP contribution in [0.1, 0.15) is 40.0 Å². The fourth-order valence-electron chi connectivity index (χ4n) is 1.93. The van der Waals surface area contributed by atoms with Crippen LogP contribution in [0, 0.1) is 5.92 Å². The molecule has 0 saturated heterocycles. The summed E-state index contributed by atoms with van der Waals surface area (Å²) in [6, 6.07) is -0.693. The van der Waals surface area contributed by atoms with Gasteiger partial charge in [-0.05, 0) is 33.6 Å². The second kappa shape index (κ2) is 4.49. The van der Waals surface area contributed by atoms with Crippen LogP contribution in [0.5, 0.6) is 0 Å². The van der Waals surface area contributed by atoms with E-state index in [1.165, 1.54) is 0 Å². The van der Waals surface area contributed by atoms with Crippen molar-refractivity contribution in [3.63, 3.8) is 0 Å². The zero-order valence-corrected chi connectivity index (χ0v) is 9.69. The van der Waals surface area contributed by atoms with E-state index in [0.29, 0.717) is 0 Å². The molecule has 0 heterocycles. The van der Waals surface area contributed by atoms with Gasteiger partial charge in [0.05, 0.1) is 6.10 Å². The number of carbonyl (C=O) groups excluding carboxylic acids is 1. The largest absolute Gasteiger partial charge is 0.459 e. The minimum atomic E-state index is -0.693. The third-order valence-corrected chi connectivity index (χ3v) is 2.67. The molecule has 1 saturated carbocycles. The van der Waals surface area contributed by atoms with E-state index in [0.717, 1.165) is 19.3 Å². The van der Waals surface area contributed by atoms with Crippen LogP contribution in [0.25, 0.3) is 0 Å². The van der Waals surface area contributed by atoms with Gasteiger partial charge in [0.25, 0.3) is 0 Å². The third-order valence-electron chi connectivity index (χ3n) is 2.67. The van der Waals surface area contributed by atoms with Gasteiger partial charge in [0.15, 0.2) is 0 Å². The first kappa shape index (κ1) is 12.5. The van der Waals surface area contributed by atoms with E-state index in [4.69, 9.17) is 10.5 Å². The first-order valence-electron chi connectivity index (χ1n) is 5.48. The highest BCUT2D eigenvalue weighted by molar-refractivity contribution is 5.76. The SMILES string of the molecule is CC(C)(C)OC(=O)[C@@H](N)[C@H]1CCC[C@@H]1O. The van der Waals surface area contributed by atoms with Crippen molar-refractivity contribution in [2.45, 2.75) is 57.8 Å². The molecular formula is C11H21NO3. The Bertz CT molecular complexity index is 234. The number of hydrogen-bond donors (Lipinski definition) is 2. The van der Waals surface area contributed by atoms with Gasteiger partial charge in [0.2, 0.25) is 0 Å². The summed E-state index contributed by atoms with van der Waals surface area (Å²) in [7, 11) is 0. The van der Waals surface area contributed by atoms with E-state index >= 15 is 0 Å². The zero-order valence-electron chi connectivity index (χ0n) is 9.69. The van der Waals surface area contributed by atoms with Crippen molar-refractivity contribution in [2.75, 3.05) is 0 Å². The summed E-state index contributed by atoms with van der Waals surface area (Å²) in [5.74, 6) is -0.548. The molecule has 15 heavy (non-hydrogen) atoms. The molecule has 1 fully saturated rings. The van der Waals surface area contributed by atoms with Gasteiger partial charge < -0.3 is 15.6 Å². The molecule has 4 heteroatoms. The number of carbonyl (C=O) groups is 1. The normalized spacial score (nSPS) is 28.9. The van der Waals surface area contributed by atoms with Crippen molar-refractivity contribution < 1.29 is 14.6 Å². The van der Waals surface area contributed by atoms with Crippen LogP contribution < -0.4 is 5.73 Å². The molecule has 0 bridgehead atoms. The Hall–Kier alpha value is -0.610. The number of esters is 1. The van der Waals surface area contributed by atoms with Crippen molar-refractivity contribution in [2.24, 2.45) is 11.7 Å². The average molecular weight is 215 g/mol. The van der Waals surface area contributed by atoms with Gasteiger partial charge in [-0.3, -0.25) is 4.79 Å². The van der Waals surface area contributed by atoms with Crippen LogP contribution in [-0.4, -0.2) is 28.8 Å². The maximum absolute atomic E-state index is 11.6. The minimum Gasteiger partial charge on any atom is -0.459 e. The van der Waals surface area contributed by atoms with E-state index < -0.39 is 23.7 Å². The second-order valence-corrected chi connectivity index (χ2v) is 5.22. The predicted octanol–water partition coefficient (Wildman–Crippen LogP) is 0.816. The fourth-order valence-corrected chi connectivity index (χ4v) is 1.93. The van der Waals surface area contributed by atoms with Crippen LogP contribution >= 0.6 is 0 Å². The summed E-state index contributed by atoms with van der Waals surface area (Å²) < 4.78 is 5.19. The highest BCUT2D eigenvalue weighted by Crippen LogP contribution is 2.28. The molecule has 0 spiro atoms. The Balaban J connectivity index is 2.52. The molecule has 0 amide bonds. The predicted molar refractivity (Wildman–Crippen MR) is 57.2 cm³/mol. The van der Waals surface area contributed by atoms with Crippen molar-refractivity contribution in [1.29, 1.82) is 0 Å². The molecule has 4 nitrogen and oxygen atoms in total. The Labute approximate surface area is 90.8 Å². The molecule has 0 unspecified atom stereocenters. The summed E-state index contributed by atoms with van der Waals surface area (Å²) in [6.45, 7) is 5.42. The topological polar surface area (TPSA) is 72.5 Å². The molecule has 1 rings (SSSR count). The number of aliphatic hydroxyl groups excluding tert-OH is 1. The molecule has 3 atom stereocenters. The Morgan fingerprint density at radius 3 is 2.47 bits per heavy atom. The van der Waals surface area contributed by atoms with Crippen molar-refractivity contribution in [3.05, 3.63) is 0 Å². The standard InChI is InChI=1S/C11H21NO3/c1-11(2,3)15-10(14)9(12)7-5-4-6-8(7)13/h7-9,13H,4-6,12H2,1-3H3/t7-,8-,9-/m0/s1. The van der Waals surface area contributed by atoms with Gasteiger partial charge in [-0.1, -0.05) is 6.42 Å². The summed E-state index contributed by atoms with van der Waals surface area (Å²) in [4.78, 5) is 11.6. The van der Waals surface area contributed by atoms with Crippen LogP contribution in [0.2, 0.25) is 0 Å². The number of aliphatic hydroxyl groups is 1. The van der Waals surface area contributed by atoms with Crippen LogP contribution in [-0.2, 0) is 9.53 Å². The first-order chi connectivity index (χ1) is 6.81. The van der Waals surface area contributed by atoms with Gasteiger partial charge in [-0.25, -0.2) is 0 Å². The number of rotatable bonds is 2. The lowest BCUT2D eigenvalue weighted by atomic mass is 9.97. The van der Waals surface area contributed by atoms with Crippen LogP contribution in [0.4, 0.5) is 0 Å².